The Bertz CT molecular complexity index is 1580. The van der Waals surface area contributed by atoms with E-state index in [1.807, 2.05) is 6.07 Å². The second-order valence-electron chi connectivity index (χ2n) is 11.5. The number of rotatable bonds is 6. The maximum absolute atomic E-state index is 14.2. The van der Waals surface area contributed by atoms with Crippen LogP contribution in [0.2, 0.25) is 5.02 Å². The molecule has 1 aliphatic carbocycles. The minimum Gasteiger partial charge on any atom is -0.492 e. The fraction of sp³-hybridized carbons (Fsp3) is 0.500. The van der Waals surface area contributed by atoms with E-state index in [1.165, 1.54) is 6.07 Å². The molecule has 9 nitrogen and oxygen atoms in total. The van der Waals surface area contributed by atoms with Gasteiger partial charge in [-0.1, -0.05) is 11.6 Å². The molecule has 220 valence electrons. The summed E-state index contributed by atoms with van der Waals surface area (Å²) in [5.41, 5.74) is -2.28. The van der Waals surface area contributed by atoms with Crippen LogP contribution in [0.1, 0.15) is 49.8 Å². The number of nitrogens with one attached hydrogen (secondary N) is 1. The molecule has 2 aromatic carbocycles. The van der Waals surface area contributed by atoms with Gasteiger partial charge in [-0.05, 0) is 75.5 Å². The summed E-state index contributed by atoms with van der Waals surface area (Å²) in [5, 5.41) is 23.5. The summed E-state index contributed by atoms with van der Waals surface area (Å²) >= 11 is 6.19. The Morgan fingerprint density at radius 2 is 1.85 bits per heavy atom. The molecular formula is C28H30ClF3N4O5. The number of alkyl halides is 3. The van der Waals surface area contributed by atoms with Crippen LogP contribution in [0, 0.1) is 0 Å². The highest BCUT2D eigenvalue weighted by Crippen LogP contribution is 2.46. The first kappa shape index (κ1) is 28.1. The number of ether oxygens (including phenoxy) is 1. The maximum atomic E-state index is 14.2. The molecule has 2 fully saturated rings. The molecule has 0 bridgehead atoms. The Balaban J connectivity index is 1.19. The second kappa shape index (κ2) is 9.75. The van der Waals surface area contributed by atoms with Crippen LogP contribution in [0.4, 0.5) is 18.9 Å². The first-order valence-electron chi connectivity index (χ1n) is 13.5. The average Bonchev–Trinajstić information content (AvgIpc) is 3.32. The molecule has 3 heterocycles. The van der Waals surface area contributed by atoms with Gasteiger partial charge >= 0.3 is 11.9 Å². The molecular weight excluding hydrogens is 565 g/mol. The Morgan fingerprint density at radius 1 is 1.15 bits per heavy atom. The number of piperidine rings is 1. The van der Waals surface area contributed by atoms with E-state index in [9.17, 15) is 33.0 Å². The fourth-order valence-corrected chi connectivity index (χ4v) is 6.80. The number of hydrogen-bond acceptors (Lipinski definition) is 6. The number of imidazole rings is 1. The van der Waals surface area contributed by atoms with Crippen molar-refractivity contribution in [2.45, 2.75) is 62.6 Å². The molecule has 1 spiro atoms. The summed E-state index contributed by atoms with van der Waals surface area (Å²) in [6.45, 7) is 2.45. The van der Waals surface area contributed by atoms with Gasteiger partial charge in [0.1, 0.15) is 19.1 Å². The first-order valence-corrected chi connectivity index (χ1v) is 13.9. The van der Waals surface area contributed by atoms with Gasteiger partial charge in [0.15, 0.2) is 0 Å². The lowest BCUT2D eigenvalue weighted by Crippen LogP contribution is -2.47. The lowest BCUT2D eigenvalue weighted by Gasteiger charge is -2.41. The number of aliphatic hydroxyl groups excluding tert-OH is 1. The Hall–Kier alpha value is -3.06. The number of nitrogens with zero attached hydrogens (tertiary/aromatic N) is 3. The number of anilines is 1. The number of amides is 1. The fourth-order valence-electron chi connectivity index (χ4n) is 6.63. The number of aromatic nitrogens is 2. The SMILES string of the molecule is CC1(O)CC(n2c(=O)n(CO)c3cc(OCCN4CCC5(CC4)C(=O)Nc4ccc(Cl)cc45)cc(C(F)(F)F)c32)C1. The third-order valence-electron chi connectivity index (χ3n) is 8.76. The van der Waals surface area contributed by atoms with E-state index in [-0.39, 0.29) is 42.1 Å². The minimum atomic E-state index is -4.79. The summed E-state index contributed by atoms with van der Waals surface area (Å²) in [4.78, 5) is 28.0. The van der Waals surface area contributed by atoms with Crippen molar-refractivity contribution in [3.63, 3.8) is 0 Å². The molecule has 3 aliphatic rings. The Labute approximate surface area is 238 Å². The summed E-state index contributed by atoms with van der Waals surface area (Å²) in [6, 6.07) is 6.97. The lowest BCUT2D eigenvalue weighted by atomic mass is 9.73. The molecule has 0 radical (unpaired) electrons. The molecule has 1 saturated carbocycles. The molecule has 0 atom stereocenters. The largest absolute Gasteiger partial charge is 0.492 e. The molecule has 3 N–H and O–H groups in total. The van der Waals surface area contributed by atoms with Gasteiger partial charge in [0.25, 0.3) is 0 Å². The normalized spacial score (nSPS) is 24.0. The van der Waals surface area contributed by atoms with Gasteiger partial charge < -0.3 is 20.3 Å². The summed E-state index contributed by atoms with van der Waals surface area (Å²) in [6.07, 6.45) is -3.39. The number of aliphatic hydroxyl groups is 2. The van der Waals surface area contributed by atoms with Crippen LogP contribution in [-0.2, 0) is 23.1 Å². The van der Waals surface area contributed by atoms with Crippen molar-refractivity contribution in [3.05, 3.63) is 57.0 Å². The smallest absolute Gasteiger partial charge is 0.418 e. The zero-order valence-corrected chi connectivity index (χ0v) is 23.1. The van der Waals surface area contributed by atoms with E-state index in [0.29, 0.717) is 37.5 Å². The molecule has 13 heteroatoms. The Morgan fingerprint density at radius 3 is 2.49 bits per heavy atom. The van der Waals surface area contributed by atoms with E-state index in [1.54, 1.807) is 19.1 Å². The minimum absolute atomic E-state index is 0.0500. The van der Waals surface area contributed by atoms with Crippen molar-refractivity contribution in [2.24, 2.45) is 0 Å². The number of hydrogen-bond donors (Lipinski definition) is 3. The van der Waals surface area contributed by atoms with Crippen LogP contribution >= 0.6 is 11.6 Å². The Kier molecular flexibility index (Phi) is 6.68. The number of halogens is 4. The maximum Gasteiger partial charge on any atom is 0.418 e. The third kappa shape index (κ3) is 4.70. The van der Waals surface area contributed by atoms with Crippen molar-refractivity contribution in [2.75, 3.05) is 31.6 Å². The number of benzene rings is 2. The summed E-state index contributed by atoms with van der Waals surface area (Å²) in [7, 11) is 0. The molecule has 1 aromatic heterocycles. The van der Waals surface area contributed by atoms with Crippen LogP contribution in [0.15, 0.2) is 35.1 Å². The van der Waals surface area contributed by atoms with E-state index in [0.717, 1.165) is 26.5 Å². The van der Waals surface area contributed by atoms with Crippen molar-refractivity contribution in [1.82, 2.24) is 14.0 Å². The van der Waals surface area contributed by atoms with Gasteiger partial charge in [0.2, 0.25) is 5.91 Å². The van der Waals surface area contributed by atoms with Gasteiger partial charge in [0.05, 0.1) is 27.6 Å². The molecule has 3 aromatic rings. The predicted octanol–water partition coefficient (Wildman–Crippen LogP) is 3.88. The van der Waals surface area contributed by atoms with Crippen LogP contribution in [0.25, 0.3) is 11.0 Å². The van der Waals surface area contributed by atoms with Gasteiger partial charge in [-0.25, -0.2) is 4.79 Å². The monoisotopic (exact) mass is 594 g/mol. The highest BCUT2D eigenvalue weighted by Gasteiger charge is 2.48. The topological polar surface area (TPSA) is 109 Å². The van der Waals surface area contributed by atoms with Crippen molar-refractivity contribution >= 4 is 34.2 Å². The van der Waals surface area contributed by atoms with Crippen molar-refractivity contribution < 1.29 is 32.9 Å². The van der Waals surface area contributed by atoms with Crippen molar-refractivity contribution in [1.29, 1.82) is 0 Å². The van der Waals surface area contributed by atoms with Gasteiger partial charge in [-0.15, -0.1) is 0 Å². The zero-order valence-electron chi connectivity index (χ0n) is 22.3. The average molecular weight is 595 g/mol. The van der Waals surface area contributed by atoms with Crippen LogP contribution in [0.5, 0.6) is 5.75 Å². The number of carbonyl (C=O) groups excluding carboxylic acids is 1. The van der Waals surface area contributed by atoms with Crippen LogP contribution in [-0.4, -0.2) is 62.0 Å². The third-order valence-corrected chi connectivity index (χ3v) is 9.00. The zero-order chi connectivity index (χ0) is 29.3. The number of carbonyl (C=O) groups is 1. The van der Waals surface area contributed by atoms with E-state index in [2.05, 4.69) is 10.2 Å². The second-order valence-corrected chi connectivity index (χ2v) is 12.0. The van der Waals surface area contributed by atoms with E-state index in [4.69, 9.17) is 16.3 Å². The molecule has 41 heavy (non-hydrogen) atoms. The highest BCUT2D eigenvalue weighted by molar-refractivity contribution is 6.31. The first-order chi connectivity index (χ1) is 19.3. The van der Waals surface area contributed by atoms with Gasteiger partial charge in [-0.3, -0.25) is 18.8 Å². The van der Waals surface area contributed by atoms with Crippen molar-refractivity contribution in [3.8, 4) is 5.75 Å². The molecule has 0 unspecified atom stereocenters. The van der Waals surface area contributed by atoms with Crippen LogP contribution in [0.3, 0.4) is 0 Å². The molecule has 1 saturated heterocycles. The highest BCUT2D eigenvalue weighted by atomic mass is 35.5. The van der Waals surface area contributed by atoms with E-state index >= 15 is 0 Å². The molecule has 2 aliphatic heterocycles. The molecule has 6 rings (SSSR count). The summed E-state index contributed by atoms with van der Waals surface area (Å²) < 4.78 is 50.4. The summed E-state index contributed by atoms with van der Waals surface area (Å²) in [5.74, 6) is -0.122. The standard InChI is InChI=1S/C28H30ClF3N4O5/c1-26(40)13-17(14-26)36-23-20(28(30,31)32)11-18(12-22(23)35(15-37)25(36)39)41-9-8-34-6-4-27(5-7-34)19-10-16(29)2-3-21(19)33-24(27)38/h2-3,10-12,17,37,40H,4-9,13-15H2,1H3,(H,33,38). The number of likely N-dealkylation sites (tertiary alicyclic amines) is 1. The molecule has 1 amide bonds. The van der Waals surface area contributed by atoms with Gasteiger partial charge in [-0.2, -0.15) is 13.2 Å². The predicted molar refractivity (Wildman–Crippen MR) is 145 cm³/mol. The van der Waals surface area contributed by atoms with Crippen LogP contribution < -0.4 is 15.7 Å². The number of fused-ring (bicyclic) bond motifs is 3. The lowest BCUT2D eigenvalue weighted by molar-refractivity contribution is -0.136. The quantitative estimate of drug-likeness (QED) is 0.400. The van der Waals surface area contributed by atoms with Gasteiger partial charge in [0, 0.05) is 29.4 Å². The van der Waals surface area contributed by atoms with E-state index < -0.39 is 41.2 Å².